The van der Waals surface area contributed by atoms with Gasteiger partial charge in [0, 0.05) is 17.1 Å². The van der Waals surface area contributed by atoms with Gasteiger partial charge >= 0.3 is 0 Å². The van der Waals surface area contributed by atoms with Crippen molar-refractivity contribution in [2.75, 3.05) is 0 Å². The van der Waals surface area contributed by atoms with Gasteiger partial charge < -0.3 is 4.57 Å². The van der Waals surface area contributed by atoms with Crippen molar-refractivity contribution < 1.29 is 0 Å². The van der Waals surface area contributed by atoms with Crippen LogP contribution in [0.1, 0.15) is 31.9 Å². The fourth-order valence-electron chi connectivity index (χ4n) is 2.71. The minimum atomic E-state index is 0.285. The minimum Gasteiger partial charge on any atom is -0.337 e. The number of fused-ring (bicyclic) bond motifs is 1. The van der Waals surface area contributed by atoms with Gasteiger partial charge in [-0.15, -0.1) is 6.58 Å². The van der Waals surface area contributed by atoms with Gasteiger partial charge in [0.15, 0.2) is 0 Å². The van der Waals surface area contributed by atoms with Crippen LogP contribution in [0.3, 0.4) is 0 Å². The van der Waals surface area contributed by atoms with E-state index in [0.717, 1.165) is 12.8 Å². The average molecular weight is 291 g/mol. The molecule has 0 saturated carbocycles. The summed E-state index contributed by atoms with van der Waals surface area (Å²) in [4.78, 5) is 0. The van der Waals surface area contributed by atoms with E-state index in [1.54, 1.807) is 0 Å². The first-order valence-electron chi connectivity index (χ1n) is 8.11. The van der Waals surface area contributed by atoms with Crippen LogP contribution in [0.4, 0.5) is 0 Å². The summed E-state index contributed by atoms with van der Waals surface area (Å²) in [6, 6.07) is 8.93. The van der Waals surface area contributed by atoms with E-state index in [9.17, 15) is 0 Å². The monoisotopic (exact) mass is 291 g/mol. The molecule has 1 aliphatic rings. The molecule has 0 saturated heterocycles. The van der Waals surface area contributed by atoms with Gasteiger partial charge in [-0.3, -0.25) is 0 Å². The number of aromatic nitrogens is 1. The van der Waals surface area contributed by atoms with Crippen molar-refractivity contribution in [3.63, 3.8) is 0 Å². The van der Waals surface area contributed by atoms with Crippen molar-refractivity contribution in [1.29, 1.82) is 0 Å². The van der Waals surface area contributed by atoms with E-state index in [2.05, 4.69) is 78.1 Å². The third-order valence-corrected chi connectivity index (χ3v) is 3.71. The highest BCUT2D eigenvalue weighted by Gasteiger charge is 2.11. The Balaban J connectivity index is 0.000000847. The van der Waals surface area contributed by atoms with Gasteiger partial charge in [-0.05, 0) is 24.5 Å². The molecule has 0 amide bonds. The second kappa shape index (κ2) is 8.23. The predicted molar refractivity (Wildman–Crippen MR) is 98.3 cm³/mol. The number of benzene rings is 1. The summed E-state index contributed by atoms with van der Waals surface area (Å²) < 4.78 is 2.35. The Labute approximate surface area is 134 Å². The number of para-hydroxylation sites is 1. The Bertz CT molecular complexity index is 682. The maximum absolute atomic E-state index is 3.83. The van der Waals surface area contributed by atoms with Gasteiger partial charge in [-0.2, -0.15) is 0 Å². The van der Waals surface area contributed by atoms with E-state index in [4.69, 9.17) is 0 Å². The molecule has 0 N–H and O–H groups in total. The first kappa shape index (κ1) is 16.1. The molecule has 0 atom stereocenters. The molecule has 1 aromatic heterocycles. The van der Waals surface area contributed by atoms with E-state index in [-0.39, 0.29) is 6.04 Å². The van der Waals surface area contributed by atoms with Crippen LogP contribution in [-0.2, 0) is 6.42 Å². The van der Waals surface area contributed by atoms with Gasteiger partial charge in [0.25, 0.3) is 0 Å². The molecule has 1 heteroatoms. The lowest BCUT2D eigenvalue weighted by molar-refractivity contribution is 0.750. The number of hydrogen-bond acceptors (Lipinski definition) is 0. The van der Waals surface area contributed by atoms with Gasteiger partial charge in [0.2, 0.25) is 0 Å². The maximum Gasteiger partial charge on any atom is 0.0706 e. The third kappa shape index (κ3) is 3.48. The lowest BCUT2D eigenvalue weighted by Gasteiger charge is -2.11. The number of aryl methyl sites for hydroxylation is 1. The zero-order valence-corrected chi connectivity index (χ0v) is 13.6. The van der Waals surface area contributed by atoms with Crippen molar-refractivity contribution in [2.24, 2.45) is 0 Å². The van der Waals surface area contributed by atoms with Crippen LogP contribution in [0.15, 0.2) is 79.6 Å². The van der Waals surface area contributed by atoms with Gasteiger partial charge in [-0.1, -0.05) is 74.6 Å². The second-order valence-corrected chi connectivity index (χ2v) is 5.05. The summed E-state index contributed by atoms with van der Waals surface area (Å²) in [5.41, 5.74) is 2.70. The first-order valence-corrected chi connectivity index (χ1v) is 8.11. The molecule has 0 spiro atoms. The Morgan fingerprint density at radius 2 is 1.73 bits per heavy atom. The molecule has 0 radical (unpaired) electrons. The summed E-state index contributed by atoms with van der Waals surface area (Å²) in [6.45, 7) is 7.83. The number of hydrogen-bond donors (Lipinski definition) is 0. The molecule has 2 aromatic rings. The quantitative estimate of drug-likeness (QED) is 0.608. The number of nitrogens with zero attached hydrogens (tertiary/aromatic N) is 1. The van der Waals surface area contributed by atoms with Gasteiger partial charge in [0.1, 0.15) is 0 Å². The molecule has 0 fully saturated rings. The molecule has 0 aliphatic heterocycles. The third-order valence-electron chi connectivity index (χ3n) is 3.71. The summed E-state index contributed by atoms with van der Waals surface area (Å²) in [5.74, 6) is 0. The Hall–Kier alpha value is -2.28. The van der Waals surface area contributed by atoms with Crippen LogP contribution in [-0.4, -0.2) is 4.57 Å². The number of allylic oxidation sites excluding steroid dienone is 7. The molecule has 0 bridgehead atoms. The van der Waals surface area contributed by atoms with E-state index >= 15 is 0 Å². The molecule has 114 valence electrons. The summed E-state index contributed by atoms with van der Waals surface area (Å²) >= 11 is 0. The van der Waals surface area contributed by atoms with Gasteiger partial charge in [-0.25, -0.2) is 0 Å². The zero-order valence-electron chi connectivity index (χ0n) is 13.6. The van der Waals surface area contributed by atoms with E-state index in [0.29, 0.717) is 0 Å². The van der Waals surface area contributed by atoms with Crippen LogP contribution in [0.25, 0.3) is 10.9 Å². The van der Waals surface area contributed by atoms with E-state index in [1.165, 1.54) is 16.5 Å². The Morgan fingerprint density at radius 3 is 2.41 bits per heavy atom. The Kier molecular flexibility index (Phi) is 6.02. The van der Waals surface area contributed by atoms with E-state index < -0.39 is 0 Å². The minimum absolute atomic E-state index is 0.285. The topological polar surface area (TPSA) is 4.93 Å². The molecular weight excluding hydrogens is 266 g/mol. The van der Waals surface area contributed by atoms with Crippen LogP contribution in [0.2, 0.25) is 0 Å². The average Bonchev–Trinajstić information content (AvgIpc) is 2.75. The highest BCUT2D eigenvalue weighted by Crippen LogP contribution is 2.27. The summed E-state index contributed by atoms with van der Waals surface area (Å²) in [5, 5.41) is 1.35. The lowest BCUT2D eigenvalue weighted by Crippen LogP contribution is -2.01. The molecule has 0 unspecified atom stereocenters. The molecule has 22 heavy (non-hydrogen) atoms. The largest absolute Gasteiger partial charge is 0.337 e. The molecular formula is C21H25N. The summed E-state index contributed by atoms with van der Waals surface area (Å²) in [7, 11) is 0. The smallest absolute Gasteiger partial charge is 0.0706 e. The highest BCUT2D eigenvalue weighted by molar-refractivity contribution is 5.84. The second-order valence-electron chi connectivity index (χ2n) is 5.05. The molecule has 1 aliphatic carbocycles. The van der Waals surface area contributed by atoms with Crippen molar-refractivity contribution in [2.45, 2.75) is 32.7 Å². The van der Waals surface area contributed by atoms with E-state index in [1.807, 2.05) is 19.9 Å². The fourth-order valence-corrected chi connectivity index (χ4v) is 2.71. The van der Waals surface area contributed by atoms with Crippen molar-refractivity contribution >= 4 is 10.9 Å². The SMILES string of the molecule is C=CCCc1cn(C2C=CC=CC=C2)c2ccccc12.CC. The van der Waals surface area contributed by atoms with Crippen LogP contribution in [0.5, 0.6) is 0 Å². The maximum atomic E-state index is 3.83. The standard InChI is InChI=1S/C19H19N.C2H6/c1-2-3-10-16-15-20(17-11-6-4-5-7-12-17)19-14-9-8-13-18(16)19;1-2/h2,4-9,11-15,17H,1,3,10H2;1-2H3. The molecule has 1 aromatic carbocycles. The van der Waals surface area contributed by atoms with Crippen molar-refractivity contribution in [1.82, 2.24) is 4.57 Å². The Morgan fingerprint density at radius 1 is 1.05 bits per heavy atom. The molecule has 3 rings (SSSR count). The van der Waals surface area contributed by atoms with Crippen LogP contribution >= 0.6 is 0 Å². The summed E-state index contributed by atoms with van der Waals surface area (Å²) in [6.07, 6.45) is 19.2. The predicted octanol–water partition coefficient (Wildman–Crippen LogP) is 6.01. The lowest BCUT2D eigenvalue weighted by atomic mass is 10.1. The number of rotatable bonds is 4. The first-order chi connectivity index (χ1) is 10.9. The molecule has 1 nitrogen and oxygen atoms in total. The van der Waals surface area contributed by atoms with Gasteiger partial charge in [0.05, 0.1) is 6.04 Å². The van der Waals surface area contributed by atoms with Crippen molar-refractivity contribution in [3.05, 3.63) is 85.1 Å². The zero-order chi connectivity index (χ0) is 15.8. The van der Waals surface area contributed by atoms with Crippen LogP contribution < -0.4 is 0 Å². The van der Waals surface area contributed by atoms with Crippen molar-refractivity contribution in [3.8, 4) is 0 Å². The fraction of sp³-hybridized carbons (Fsp3) is 0.238. The molecule has 1 heterocycles. The van der Waals surface area contributed by atoms with Crippen LogP contribution in [0, 0.1) is 0 Å². The normalized spacial score (nSPS) is 13.7. The highest BCUT2D eigenvalue weighted by atomic mass is 15.0.